The van der Waals surface area contributed by atoms with Crippen LogP contribution in [0.5, 0.6) is 11.5 Å². The summed E-state index contributed by atoms with van der Waals surface area (Å²) in [6, 6.07) is 15.7. The molecule has 0 aliphatic rings. The van der Waals surface area contributed by atoms with Crippen molar-refractivity contribution in [2.45, 2.75) is 6.61 Å². The molecule has 2 aromatic carbocycles. The van der Waals surface area contributed by atoms with E-state index in [9.17, 15) is 0 Å². The van der Waals surface area contributed by atoms with Crippen LogP contribution >= 0.6 is 0 Å². The van der Waals surface area contributed by atoms with Crippen LogP contribution in [0.3, 0.4) is 0 Å². The van der Waals surface area contributed by atoms with Crippen LogP contribution < -0.4 is 9.47 Å². The Kier molecular flexibility index (Phi) is 3.66. The van der Waals surface area contributed by atoms with Crippen molar-refractivity contribution in [3.8, 4) is 11.5 Å². The zero-order valence-electron chi connectivity index (χ0n) is 9.85. The largest absolute Gasteiger partial charge is 0.493 e. The normalized spacial score (nSPS) is 10.0. The summed E-state index contributed by atoms with van der Waals surface area (Å²) >= 11 is 0. The van der Waals surface area contributed by atoms with Gasteiger partial charge in [0.1, 0.15) is 6.61 Å². The Hall–Kier alpha value is -1.96. The van der Waals surface area contributed by atoms with Crippen LogP contribution in [0.2, 0.25) is 0 Å². The molecule has 0 heterocycles. The SMILES string of the molecule is [CH2]c1ccc(OC)c(OCc2ccccc2)c1. The van der Waals surface area contributed by atoms with Gasteiger partial charge in [-0.1, -0.05) is 36.4 Å². The van der Waals surface area contributed by atoms with Gasteiger partial charge >= 0.3 is 0 Å². The summed E-state index contributed by atoms with van der Waals surface area (Å²) in [5, 5.41) is 0. The van der Waals surface area contributed by atoms with Crippen molar-refractivity contribution in [2.75, 3.05) is 7.11 Å². The molecule has 2 nitrogen and oxygen atoms in total. The van der Waals surface area contributed by atoms with Gasteiger partial charge in [-0.15, -0.1) is 0 Å². The Labute approximate surface area is 102 Å². The molecule has 2 heteroatoms. The minimum atomic E-state index is 0.528. The number of benzene rings is 2. The first-order chi connectivity index (χ1) is 8.29. The van der Waals surface area contributed by atoms with Gasteiger partial charge < -0.3 is 9.47 Å². The Morgan fingerprint density at radius 1 is 1.00 bits per heavy atom. The Bertz CT molecular complexity index is 478. The molecular weight excluding hydrogens is 212 g/mol. The molecule has 0 aromatic heterocycles. The molecule has 1 radical (unpaired) electrons. The molecule has 0 aliphatic heterocycles. The first-order valence-corrected chi connectivity index (χ1v) is 5.46. The molecule has 0 N–H and O–H groups in total. The van der Waals surface area contributed by atoms with E-state index >= 15 is 0 Å². The Balaban J connectivity index is 2.11. The van der Waals surface area contributed by atoms with E-state index in [0.29, 0.717) is 6.61 Å². The van der Waals surface area contributed by atoms with Gasteiger partial charge in [-0.25, -0.2) is 0 Å². The number of hydrogen-bond donors (Lipinski definition) is 0. The van der Waals surface area contributed by atoms with Gasteiger partial charge in [-0.05, 0) is 30.2 Å². The molecular formula is C15H15O2. The van der Waals surface area contributed by atoms with E-state index in [1.54, 1.807) is 7.11 Å². The fourth-order valence-electron chi connectivity index (χ4n) is 1.57. The quantitative estimate of drug-likeness (QED) is 0.796. The van der Waals surface area contributed by atoms with Crippen molar-refractivity contribution in [2.24, 2.45) is 0 Å². The maximum atomic E-state index is 5.73. The van der Waals surface area contributed by atoms with Gasteiger partial charge in [0.05, 0.1) is 7.11 Å². The summed E-state index contributed by atoms with van der Waals surface area (Å²) in [4.78, 5) is 0. The lowest BCUT2D eigenvalue weighted by molar-refractivity contribution is 0.284. The minimum Gasteiger partial charge on any atom is -0.493 e. The topological polar surface area (TPSA) is 18.5 Å². The van der Waals surface area contributed by atoms with Crippen molar-refractivity contribution < 1.29 is 9.47 Å². The lowest BCUT2D eigenvalue weighted by Crippen LogP contribution is -1.97. The molecule has 0 atom stereocenters. The first-order valence-electron chi connectivity index (χ1n) is 5.46. The zero-order valence-corrected chi connectivity index (χ0v) is 9.85. The summed E-state index contributed by atoms with van der Waals surface area (Å²) in [6.07, 6.45) is 0. The highest BCUT2D eigenvalue weighted by atomic mass is 16.5. The van der Waals surface area contributed by atoms with E-state index in [0.717, 1.165) is 22.6 Å². The van der Waals surface area contributed by atoms with E-state index in [4.69, 9.17) is 9.47 Å². The van der Waals surface area contributed by atoms with E-state index in [1.807, 2.05) is 48.5 Å². The van der Waals surface area contributed by atoms with Crippen LogP contribution in [0.25, 0.3) is 0 Å². The molecule has 87 valence electrons. The maximum absolute atomic E-state index is 5.73. The van der Waals surface area contributed by atoms with Crippen molar-refractivity contribution >= 4 is 0 Å². The summed E-state index contributed by atoms with van der Waals surface area (Å²) in [7, 11) is 1.63. The third-order valence-corrected chi connectivity index (χ3v) is 2.47. The molecule has 0 bridgehead atoms. The van der Waals surface area contributed by atoms with Crippen molar-refractivity contribution in [1.29, 1.82) is 0 Å². The second kappa shape index (κ2) is 5.39. The third-order valence-electron chi connectivity index (χ3n) is 2.47. The smallest absolute Gasteiger partial charge is 0.161 e. The Morgan fingerprint density at radius 2 is 1.76 bits per heavy atom. The van der Waals surface area contributed by atoms with Gasteiger partial charge in [0.25, 0.3) is 0 Å². The minimum absolute atomic E-state index is 0.528. The van der Waals surface area contributed by atoms with Crippen molar-refractivity contribution in [3.63, 3.8) is 0 Å². The second-order valence-corrected chi connectivity index (χ2v) is 3.76. The van der Waals surface area contributed by atoms with Crippen LogP contribution in [0, 0.1) is 6.92 Å². The van der Waals surface area contributed by atoms with Crippen molar-refractivity contribution in [3.05, 3.63) is 66.6 Å². The van der Waals surface area contributed by atoms with E-state index < -0.39 is 0 Å². The van der Waals surface area contributed by atoms with Gasteiger partial charge in [-0.3, -0.25) is 0 Å². The lowest BCUT2D eigenvalue weighted by Gasteiger charge is -2.11. The van der Waals surface area contributed by atoms with E-state index in [-0.39, 0.29) is 0 Å². The highest BCUT2D eigenvalue weighted by Crippen LogP contribution is 2.28. The molecule has 2 rings (SSSR count). The summed E-state index contributed by atoms with van der Waals surface area (Å²) < 4.78 is 11.0. The lowest BCUT2D eigenvalue weighted by atomic mass is 10.2. The molecule has 17 heavy (non-hydrogen) atoms. The molecule has 0 saturated heterocycles. The van der Waals surface area contributed by atoms with Crippen LogP contribution in [0.1, 0.15) is 11.1 Å². The predicted molar refractivity (Wildman–Crippen MR) is 68.2 cm³/mol. The molecule has 0 aliphatic carbocycles. The van der Waals surface area contributed by atoms with Gasteiger partial charge in [0.2, 0.25) is 0 Å². The molecule has 0 amide bonds. The molecule has 0 fully saturated rings. The highest BCUT2D eigenvalue weighted by Gasteiger charge is 2.04. The molecule has 0 unspecified atom stereocenters. The first kappa shape index (κ1) is 11.5. The fourth-order valence-corrected chi connectivity index (χ4v) is 1.57. The highest BCUT2D eigenvalue weighted by molar-refractivity contribution is 5.43. The zero-order chi connectivity index (χ0) is 12.1. The summed E-state index contributed by atoms with van der Waals surface area (Å²) in [5.74, 6) is 1.46. The average molecular weight is 227 g/mol. The predicted octanol–water partition coefficient (Wildman–Crippen LogP) is 3.46. The monoisotopic (exact) mass is 227 g/mol. The van der Waals surface area contributed by atoms with Crippen LogP contribution in [0.15, 0.2) is 48.5 Å². The molecule has 0 spiro atoms. The summed E-state index contributed by atoms with van der Waals surface area (Å²) in [6.45, 7) is 4.40. The van der Waals surface area contributed by atoms with E-state index in [2.05, 4.69) is 6.92 Å². The van der Waals surface area contributed by atoms with Gasteiger partial charge in [-0.2, -0.15) is 0 Å². The van der Waals surface area contributed by atoms with Gasteiger partial charge in [0, 0.05) is 0 Å². The van der Waals surface area contributed by atoms with Crippen LogP contribution in [0.4, 0.5) is 0 Å². The van der Waals surface area contributed by atoms with Gasteiger partial charge in [0.15, 0.2) is 11.5 Å². The van der Waals surface area contributed by atoms with Crippen LogP contribution in [-0.4, -0.2) is 7.11 Å². The Morgan fingerprint density at radius 3 is 2.47 bits per heavy atom. The number of hydrogen-bond acceptors (Lipinski definition) is 2. The van der Waals surface area contributed by atoms with Crippen molar-refractivity contribution in [1.82, 2.24) is 0 Å². The second-order valence-electron chi connectivity index (χ2n) is 3.76. The number of methoxy groups -OCH3 is 1. The third kappa shape index (κ3) is 3.00. The van der Waals surface area contributed by atoms with E-state index in [1.165, 1.54) is 0 Å². The average Bonchev–Trinajstić information content (AvgIpc) is 2.38. The summed E-state index contributed by atoms with van der Waals surface area (Å²) in [5.41, 5.74) is 2.04. The molecule has 2 aromatic rings. The fraction of sp³-hybridized carbons (Fsp3) is 0.133. The maximum Gasteiger partial charge on any atom is 0.161 e. The van der Waals surface area contributed by atoms with Crippen LogP contribution in [-0.2, 0) is 6.61 Å². The molecule has 0 saturated carbocycles. The number of ether oxygens (including phenoxy) is 2. The number of rotatable bonds is 4. The standard InChI is InChI=1S/C15H15O2/c1-12-8-9-14(16-2)15(10-12)17-11-13-6-4-3-5-7-13/h3-10H,1,11H2,2H3.